The van der Waals surface area contributed by atoms with Crippen molar-refractivity contribution in [3.05, 3.63) is 69.8 Å². The van der Waals surface area contributed by atoms with Gasteiger partial charge >= 0.3 is 0 Å². The number of nitrogens with zero attached hydrogens (tertiary/aromatic N) is 1. The molecule has 110 valence electrons. The normalized spacial score (nSPS) is 10.9. The molecule has 0 fully saturated rings. The minimum Gasteiger partial charge on any atom is -0.321 e. The van der Waals surface area contributed by atoms with Crippen molar-refractivity contribution >= 4 is 29.3 Å². The van der Waals surface area contributed by atoms with E-state index in [2.05, 4.69) is 5.32 Å². The predicted molar refractivity (Wildman–Crippen MR) is 89.6 cm³/mol. The average molecular weight is 311 g/mol. The SMILES string of the molecule is Cc1cccc(C)c1NC(=O)/C(C#N)=C\c1ccc(Cl)cc1. The van der Waals surface area contributed by atoms with Crippen LogP contribution >= 0.6 is 11.6 Å². The fourth-order valence-corrected chi connectivity index (χ4v) is 2.19. The van der Waals surface area contributed by atoms with Gasteiger partial charge in [-0.2, -0.15) is 5.26 Å². The van der Waals surface area contributed by atoms with Crippen LogP contribution in [0.3, 0.4) is 0 Å². The summed E-state index contributed by atoms with van der Waals surface area (Å²) in [6.07, 6.45) is 1.54. The van der Waals surface area contributed by atoms with Crippen LogP contribution in [0.2, 0.25) is 5.02 Å². The van der Waals surface area contributed by atoms with Crippen LogP contribution in [0, 0.1) is 25.2 Å². The van der Waals surface area contributed by atoms with Gasteiger partial charge in [-0.1, -0.05) is 41.9 Å². The van der Waals surface area contributed by atoms with E-state index in [1.165, 1.54) is 0 Å². The first kappa shape index (κ1) is 15.8. The maximum Gasteiger partial charge on any atom is 0.266 e. The van der Waals surface area contributed by atoms with Crippen LogP contribution in [0.15, 0.2) is 48.0 Å². The molecule has 0 aromatic heterocycles. The highest BCUT2D eigenvalue weighted by Crippen LogP contribution is 2.20. The molecule has 0 radical (unpaired) electrons. The zero-order valence-electron chi connectivity index (χ0n) is 12.4. The third-order valence-electron chi connectivity index (χ3n) is 3.27. The molecule has 2 aromatic carbocycles. The zero-order valence-corrected chi connectivity index (χ0v) is 13.1. The molecule has 0 aliphatic rings. The largest absolute Gasteiger partial charge is 0.321 e. The number of anilines is 1. The summed E-state index contributed by atoms with van der Waals surface area (Å²) in [4.78, 5) is 12.3. The number of hydrogen-bond acceptors (Lipinski definition) is 2. The van der Waals surface area contributed by atoms with E-state index in [1.54, 1.807) is 30.3 Å². The number of aryl methyl sites for hydroxylation is 2. The summed E-state index contributed by atoms with van der Waals surface area (Å²) in [5.74, 6) is -0.421. The molecule has 22 heavy (non-hydrogen) atoms. The third-order valence-corrected chi connectivity index (χ3v) is 3.52. The number of amides is 1. The Bertz CT molecular complexity index is 750. The predicted octanol–water partition coefficient (Wildman–Crippen LogP) is 4.50. The van der Waals surface area contributed by atoms with Gasteiger partial charge < -0.3 is 5.32 Å². The van der Waals surface area contributed by atoms with Crippen molar-refractivity contribution in [3.8, 4) is 6.07 Å². The van der Waals surface area contributed by atoms with E-state index in [1.807, 2.05) is 38.1 Å². The van der Waals surface area contributed by atoms with E-state index in [4.69, 9.17) is 11.6 Å². The van der Waals surface area contributed by atoms with Gasteiger partial charge in [-0.15, -0.1) is 0 Å². The number of rotatable bonds is 3. The van der Waals surface area contributed by atoms with Crippen LogP contribution in [0.5, 0.6) is 0 Å². The molecule has 1 amide bonds. The Kier molecular flexibility index (Phi) is 4.98. The first-order valence-electron chi connectivity index (χ1n) is 6.76. The summed E-state index contributed by atoms with van der Waals surface area (Å²) in [5.41, 5.74) is 3.45. The van der Waals surface area contributed by atoms with Crippen LogP contribution in [0.1, 0.15) is 16.7 Å². The smallest absolute Gasteiger partial charge is 0.266 e. The zero-order chi connectivity index (χ0) is 16.1. The molecule has 0 aliphatic heterocycles. The monoisotopic (exact) mass is 310 g/mol. The lowest BCUT2D eigenvalue weighted by Gasteiger charge is -2.10. The van der Waals surface area contributed by atoms with Gasteiger partial charge in [0.05, 0.1) is 0 Å². The van der Waals surface area contributed by atoms with E-state index < -0.39 is 5.91 Å². The minimum absolute atomic E-state index is 0.0463. The van der Waals surface area contributed by atoms with Crippen molar-refractivity contribution in [3.63, 3.8) is 0 Å². The van der Waals surface area contributed by atoms with Gasteiger partial charge in [0.15, 0.2) is 0 Å². The number of halogens is 1. The van der Waals surface area contributed by atoms with Crippen LogP contribution in [-0.4, -0.2) is 5.91 Å². The maximum atomic E-state index is 12.3. The van der Waals surface area contributed by atoms with Gasteiger partial charge in [-0.3, -0.25) is 4.79 Å². The number of carbonyl (C=O) groups is 1. The van der Waals surface area contributed by atoms with Crippen LogP contribution < -0.4 is 5.32 Å². The molecule has 3 nitrogen and oxygen atoms in total. The van der Waals surface area contributed by atoms with Crippen molar-refractivity contribution < 1.29 is 4.79 Å². The van der Waals surface area contributed by atoms with Crippen LogP contribution in [0.4, 0.5) is 5.69 Å². The maximum absolute atomic E-state index is 12.3. The average Bonchev–Trinajstić information content (AvgIpc) is 2.50. The lowest BCUT2D eigenvalue weighted by molar-refractivity contribution is -0.112. The Labute approximate surface area is 134 Å². The number of para-hydroxylation sites is 1. The Hall–Kier alpha value is -2.57. The molecule has 0 aliphatic carbocycles. The molecule has 0 spiro atoms. The number of nitrogens with one attached hydrogen (secondary N) is 1. The summed E-state index contributed by atoms with van der Waals surface area (Å²) in [6, 6.07) is 14.6. The first-order valence-corrected chi connectivity index (χ1v) is 7.14. The summed E-state index contributed by atoms with van der Waals surface area (Å²) in [6.45, 7) is 3.83. The van der Waals surface area contributed by atoms with E-state index >= 15 is 0 Å². The molecular weight excluding hydrogens is 296 g/mol. The first-order chi connectivity index (χ1) is 10.5. The molecule has 2 aromatic rings. The summed E-state index contributed by atoms with van der Waals surface area (Å²) < 4.78 is 0. The van der Waals surface area contributed by atoms with E-state index in [0.29, 0.717) is 5.02 Å². The van der Waals surface area contributed by atoms with Gasteiger partial charge in [0.2, 0.25) is 0 Å². The van der Waals surface area contributed by atoms with E-state index in [0.717, 1.165) is 22.4 Å². The van der Waals surface area contributed by atoms with Gasteiger partial charge in [0.25, 0.3) is 5.91 Å². The topological polar surface area (TPSA) is 52.9 Å². The Morgan fingerprint density at radius 3 is 2.27 bits per heavy atom. The van der Waals surface area contributed by atoms with Crippen LogP contribution in [0.25, 0.3) is 6.08 Å². The number of benzene rings is 2. The Morgan fingerprint density at radius 2 is 1.73 bits per heavy atom. The highest BCUT2D eigenvalue weighted by molar-refractivity contribution is 6.30. The van der Waals surface area contributed by atoms with E-state index in [-0.39, 0.29) is 5.57 Å². The standard InChI is InChI=1S/C18H15ClN2O/c1-12-4-3-5-13(2)17(12)21-18(22)15(11-20)10-14-6-8-16(19)9-7-14/h3-10H,1-2H3,(H,21,22)/b15-10-. The van der Waals surface area contributed by atoms with Gasteiger partial charge in [0.1, 0.15) is 11.6 Å². The molecule has 0 unspecified atom stereocenters. The molecule has 4 heteroatoms. The fraction of sp³-hybridized carbons (Fsp3) is 0.111. The molecule has 1 N–H and O–H groups in total. The third kappa shape index (κ3) is 3.75. The quantitative estimate of drug-likeness (QED) is 0.670. The molecule has 2 rings (SSSR count). The number of carbonyl (C=O) groups excluding carboxylic acids is 1. The molecule has 0 atom stereocenters. The van der Waals surface area contributed by atoms with E-state index in [9.17, 15) is 10.1 Å². The number of hydrogen-bond donors (Lipinski definition) is 1. The highest BCUT2D eigenvalue weighted by atomic mass is 35.5. The van der Waals surface area contributed by atoms with Gasteiger partial charge in [-0.05, 0) is 48.7 Å². The summed E-state index contributed by atoms with van der Waals surface area (Å²) in [7, 11) is 0. The second kappa shape index (κ2) is 6.93. The fourth-order valence-electron chi connectivity index (χ4n) is 2.07. The summed E-state index contributed by atoms with van der Waals surface area (Å²) in [5, 5.41) is 12.6. The van der Waals surface area contributed by atoms with Crippen molar-refractivity contribution in [2.45, 2.75) is 13.8 Å². The minimum atomic E-state index is -0.421. The van der Waals surface area contributed by atoms with Gasteiger partial charge in [0, 0.05) is 10.7 Å². The molecule has 0 bridgehead atoms. The lowest BCUT2D eigenvalue weighted by atomic mass is 10.1. The van der Waals surface area contributed by atoms with Crippen LogP contribution in [-0.2, 0) is 4.79 Å². The lowest BCUT2D eigenvalue weighted by Crippen LogP contribution is -2.15. The second-order valence-electron chi connectivity index (χ2n) is 4.94. The van der Waals surface area contributed by atoms with Crippen molar-refractivity contribution in [1.82, 2.24) is 0 Å². The molecule has 0 heterocycles. The van der Waals surface area contributed by atoms with Crippen molar-refractivity contribution in [1.29, 1.82) is 5.26 Å². The molecular formula is C18H15ClN2O. The Morgan fingerprint density at radius 1 is 1.14 bits per heavy atom. The van der Waals surface area contributed by atoms with Gasteiger partial charge in [-0.25, -0.2) is 0 Å². The van der Waals surface area contributed by atoms with Crippen molar-refractivity contribution in [2.75, 3.05) is 5.32 Å². The number of nitriles is 1. The highest BCUT2D eigenvalue weighted by Gasteiger charge is 2.12. The molecule has 0 saturated heterocycles. The summed E-state index contributed by atoms with van der Waals surface area (Å²) >= 11 is 5.82. The molecule has 0 saturated carbocycles. The second-order valence-corrected chi connectivity index (χ2v) is 5.38. The van der Waals surface area contributed by atoms with Crippen molar-refractivity contribution in [2.24, 2.45) is 0 Å². The Balaban J connectivity index is 2.26.